The van der Waals surface area contributed by atoms with Crippen molar-refractivity contribution >= 4 is 6.09 Å². The molecule has 0 bridgehead atoms. The van der Waals surface area contributed by atoms with E-state index in [1.54, 1.807) is 7.11 Å². The summed E-state index contributed by atoms with van der Waals surface area (Å²) in [6, 6.07) is -0.00236. The zero-order chi connectivity index (χ0) is 7.98. The largest absolute Gasteiger partial charge is 0.453 e. The zero-order valence-corrected chi connectivity index (χ0v) is 6.51. The lowest BCUT2D eigenvalue weighted by atomic mass is 10.4. The second-order valence-corrected chi connectivity index (χ2v) is 1.99. The molecular weight excluding hydrogens is 134 g/mol. The lowest BCUT2D eigenvalue weighted by Gasteiger charge is -2.10. The number of carbonyl (C=O) groups excluding carboxylic acids is 1. The van der Waals surface area contributed by atoms with Gasteiger partial charge in [-0.1, -0.05) is 0 Å². The molecule has 0 spiro atoms. The summed E-state index contributed by atoms with van der Waals surface area (Å²) in [6.45, 7) is 2.33. The summed E-state index contributed by atoms with van der Waals surface area (Å²) in [6.07, 6.45) is -0.426. The molecule has 0 heterocycles. The average Bonchev–Trinajstić information content (AvgIpc) is 1.88. The highest BCUT2D eigenvalue weighted by atomic mass is 16.5. The normalized spacial score (nSPS) is 12.3. The fourth-order valence-electron chi connectivity index (χ4n) is 0.552. The van der Waals surface area contributed by atoms with E-state index in [1.165, 1.54) is 7.11 Å². The first-order chi connectivity index (χ1) is 4.70. The van der Waals surface area contributed by atoms with Crippen LogP contribution in [0.2, 0.25) is 0 Å². The molecule has 0 aliphatic rings. The minimum Gasteiger partial charge on any atom is -0.453 e. The fourth-order valence-corrected chi connectivity index (χ4v) is 0.552. The Bertz CT molecular complexity index is 105. The van der Waals surface area contributed by atoms with Crippen molar-refractivity contribution in [2.75, 3.05) is 20.8 Å². The van der Waals surface area contributed by atoms with Crippen LogP contribution in [0.3, 0.4) is 0 Å². The van der Waals surface area contributed by atoms with E-state index in [4.69, 9.17) is 4.74 Å². The Morgan fingerprint density at radius 3 is 2.60 bits per heavy atom. The van der Waals surface area contributed by atoms with Gasteiger partial charge in [0.25, 0.3) is 0 Å². The molecule has 0 saturated heterocycles. The molecule has 0 aliphatic heterocycles. The van der Waals surface area contributed by atoms with Crippen molar-refractivity contribution in [1.82, 2.24) is 5.32 Å². The minimum absolute atomic E-state index is 0.00236. The molecule has 1 amide bonds. The molecule has 0 fully saturated rings. The van der Waals surface area contributed by atoms with Crippen LogP contribution >= 0.6 is 0 Å². The first-order valence-electron chi connectivity index (χ1n) is 3.04. The van der Waals surface area contributed by atoms with Crippen LogP contribution in [0, 0.1) is 0 Å². The van der Waals surface area contributed by atoms with Crippen molar-refractivity contribution in [3.05, 3.63) is 0 Å². The Hall–Kier alpha value is -0.770. The van der Waals surface area contributed by atoms with Crippen molar-refractivity contribution in [3.8, 4) is 0 Å². The van der Waals surface area contributed by atoms with Crippen molar-refractivity contribution in [2.45, 2.75) is 13.0 Å². The first kappa shape index (κ1) is 9.23. The number of rotatable bonds is 3. The van der Waals surface area contributed by atoms with Gasteiger partial charge in [-0.25, -0.2) is 4.79 Å². The zero-order valence-electron chi connectivity index (χ0n) is 6.51. The van der Waals surface area contributed by atoms with Crippen LogP contribution in [0.5, 0.6) is 0 Å². The molecule has 0 saturated carbocycles. The molecule has 0 aliphatic carbocycles. The van der Waals surface area contributed by atoms with Crippen molar-refractivity contribution < 1.29 is 14.3 Å². The second-order valence-electron chi connectivity index (χ2n) is 1.99. The van der Waals surface area contributed by atoms with Gasteiger partial charge in [0.2, 0.25) is 0 Å². The molecule has 1 atom stereocenters. The average molecular weight is 147 g/mol. The van der Waals surface area contributed by atoms with Crippen LogP contribution in [0.4, 0.5) is 4.79 Å². The fraction of sp³-hybridized carbons (Fsp3) is 0.833. The number of methoxy groups -OCH3 is 2. The van der Waals surface area contributed by atoms with Crippen LogP contribution in [0.1, 0.15) is 6.92 Å². The van der Waals surface area contributed by atoms with Crippen molar-refractivity contribution in [2.24, 2.45) is 0 Å². The van der Waals surface area contributed by atoms with Crippen LogP contribution in [0.15, 0.2) is 0 Å². The molecule has 1 N–H and O–H groups in total. The van der Waals surface area contributed by atoms with Gasteiger partial charge in [-0.05, 0) is 6.92 Å². The topological polar surface area (TPSA) is 47.6 Å². The highest BCUT2D eigenvalue weighted by Crippen LogP contribution is 1.82. The summed E-state index contributed by atoms with van der Waals surface area (Å²) >= 11 is 0. The number of ether oxygens (including phenoxy) is 2. The maximum Gasteiger partial charge on any atom is 0.407 e. The molecule has 0 aromatic heterocycles. The second kappa shape index (κ2) is 5.05. The molecule has 0 radical (unpaired) electrons. The maximum atomic E-state index is 10.5. The molecule has 4 heteroatoms. The third-order valence-corrected chi connectivity index (χ3v) is 0.966. The van der Waals surface area contributed by atoms with Gasteiger partial charge in [0, 0.05) is 7.11 Å². The number of amides is 1. The summed E-state index contributed by atoms with van der Waals surface area (Å²) < 4.78 is 9.14. The molecule has 4 nitrogen and oxygen atoms in total. The Labute approximate surface area is 60.5 Å². The molecule has 0 unspecified atom stereocenters. The molecule has 0 rings (SSSR count). The Morgan fingerprint density at radius 2 is 2.20 bits per heavy atom. The molecular formula is C6H13NO3. The highest BCUT2D eigenvalue weighted by Gasteiger charge is 2.04. The standard InChI is InChI=1S/C6H13NO3/c1-5(4-9-2)7-6(8)10-3/h5H,4H2,1-3H3,(H,7,8)/t5-/m1/s1. The number of hydrogen-bond acceptors (Lipinski definition) is 3. The number of hydrogen-bond donors (Lipinski definition) is 1. The molecule has 10 heavy (non-hydrogen) atoms. The van der Waals surface area contributed by atoms with Crippen LogP contribution in [0.25, 0.3) is 0 Å². The van der Waals surface area contributed by atoms with Gasteiger partial charge < -0.3 is 14.8 Å². The van der Waals surface area contributed by atoms with Crippen LogP contribution in [-0.2, 0) is 9.47 Å². The summed E-state index contributed by atoms with van der Waals surface area (Å²) in [5.74, 6) is 0. The summed E-state index contributed by atoms with van der Waals surface area (Å²) in [5, 5.41) is 2.54. The van der Waals surface area contributed by atoms with E-state index in [1.807, 2.05) is 6.92 Å². The third-order valence-electron chi connectivity index (χ3n) is 0.966. The number of alkyl carbamates (subject to hydrolysis) is 1. The smallest absolute Gasteiger partial charge is 0.407 e. The van der Waals surface area contributed by atoms with Gasteiger partial charge in [0.15, 0.2) is 0 Å². The number of carbonyl (C=O) groups is 1. The maximum absolute atomic E-state index is 10.5. The predicted molar refractivity (Wildman–Crippen MR) is 36.9 cm³/mol. The SMILES string of the molecule is COC[C@@H](C)NC(=O)OC. The van der Waals surface area contributed by atoms with Crippen molar-refractivity contribution in [3.63, 3.8) is 0 Å². The summed E-state index contributed by atoms with van der Waals surface area (Å²) in [4.78, 5) is 10.5. The van der Waals surface area contributed by atoms with E-state index >= 15 is 0 Å². The molecule has 0 aromatic carbocycles. The van der Waals surface area contributed by atoms with E-state index in [0.717, 1.165) is 0 Å². The Kier molecular flexibility index (Phi) is 4.66. The third kappa shape index (κ3) is 4.14. The van der Waals surface area contributed by atoms with E-state index < -0.39 is 6.09 Å². The van der Waals surface area contributed by atoms with E-state index in [-0.39, 0.29) is 6.04 Å². The van der Waals surface area contributed by atoms with Crippen LogP contribution < -0.4 is 5.32 Å². The summed E-state index contributed by atoms with van der Waals surface area (Å²) in [5.41, 5.74) is 0. The predicted octanol–water partition coefficient (Wildman–Crippen LogP) is 0.377. The Balaban J connectivity index is 3.37. The first-order valence-corrected chi connectivity index (χ1v) is 3.04. The van der Waals surface area contributed by atoms with E-state index in [9.17, 15) is 4.79 Å². The monoisotopic (exact) mass is 147 g/mol. The lowest BCUT2D eigenvalue weighted by molar-refractivity contribution is 0.144. The molecule has 60 valence electrons. The van der Waals surface area contributed by atoms with E-state index in [0.29, 0.717) is 6.61 Å². The van der Waals surface area contributed by atoms with E-state index in [2.05, 4.69) is 10.1 Å². The molecule has 0 aromatic rings. The van der Waals surface area contributed by atoms with Crippen LogP contribution in [-0.4, -0.2) is 33.0 Å². The van der Waals surface area contributed by atoms with Gasteiger partial charge in [0.05, 0.1) is 19.8 Å². The van der Waals surface area contributed by atoms with Gasteiger partial charge in [0.1, 0.15) is 0 Å². The van der Waals surface area contributed by atoms with Gasteiger partial charge in [-0.3, -0.25) is 0 Å². The van der Waals surface area contributed by atoms with Gasteiger partial charge in [-0.2, -0.15) is 0 Å². The van der Waals surface area contributed by atoms with Gasteiger partial charge >= 0.3 is 6.09 Å². The minimum atomic E-state index is -0.426. The Morgan fingerprint density at radius 1 is 1.60 bits per heavy atom. The highest BCUT2D eigenvalue weighted by molar-refractivity contribution is 5.67. The van der Waals surface area contributed by atoms with Crippen molar-refractivity contribution in [1.29, 1.82) is 0 Å². The van der Waals surface area contributed by atoms with Gasteiger partial charge in [-0.15, -0.1) is 0 Å². The lowest BCUT2D eigenvalue weighted by Crippen LogP contribution is -2.35. The summed E-state index contributed by atoms with van der Waals surface area (Å²) in [7, 11) is 2.91. The number of nitrogens with one attached hydrogen (secondary N) is 1. The quantitative estimate of drug-likeness (QED) is 0.627.